The van der Waals surface area contributed by atoms with Crippen molar-refractivity contribution in [3.63, 3.8) is 0 Å². The number of carbonyl (C=O) groups excluding carboxylic acids is 3. The van der Waals surface area contributed by atoms with Crippen LogP contribution in [0.5, 0.6) is 0 Å². The van der Waals surface area contributed by atoms with Gasteiger partial charge >= 0.3 is 6.03 Å². The zero-order valence-electron chi connectivity index (χ0n) is 18.0. The summed E-state index contributed by atoms with van der Waals surface area (Å²) in [7, 11) is 0. The molecule has 8 heteroatoms. The third-order valence-electron chi connectivity index (χ3n) is 6.05. The molecule has 0 radical (unpaired) electrons. The number of amides is 4. The molecule has 4 amide bonds. The quantitative estimate of drug-likeness (QED) is 0.604. The number of hydrogen-bond acceptors (Lipinski definition) is 5. The van der Waals surface area contributed by atoms with Crippen molar-refractivity contribution in [3.05, 3.63) is 34.7 Å². The summed E-state index contributed by atoms with van der Waals surface area (Å²) < 4.78 is 0. The monoisotopic (exact) mass is 440 g/mol. The van der Waals surface area contributed by atoms with Crippen LogP contribution in [0.2, 0.25) is 0 Å². The fourth-order valence-corrected chi connectivity index (χ4v) is 5.37. The highest BCUT2D eigenvalue weighted by Crippen LogP contribution is 2.31. The van der Waals surface area contributed by atoms with Crippen LogP contribution in [-0.4, -0.2) is 39.8 Å². The predicted molar refractivity (Wildman–Crippen MR) is 121 cm³/mol. The number of aryl methyl sites for hydroxylation is 2. The minimum atomic E-state index is -0.886. The molecule has 0 atom stereocenters. The molecular weight excluding hydrogens is 412 g/mol. The second-order valence-corrected chi connectivity index (χ2v) is 9.18. The zero-order chi connectivity index (χ0) is 22.0. The Morgan fingerprint density at radius 1 is 1.19 bits per heavy atom. The Kier molecular flexibility index (Phi) is 6.09. The second kappa shape index (κ2) is 8.78. The molecule has 2 N–H and O–H groups in total. The Labute approximate surface area is 186 Å². The van der Waals surface area contributed by atoms with Crippen molar-refractivity contribution in [1.29, 1.82) is 0 Å². The summed E-state index contributed by atoms with van der Waals surface area (Å²) in [6, 6.07) is 5.90. The first-order valence-electron chi connectivity index (χ1n) is 11.0. The maximum atomic E-state index is 12.9. The number of thiazole rings is 1. The smallest absolute Gasteiger partial charge is 0.323 e. The fraction of sp³-hybridized carbons (Fsp3) is 0.478. The van der Waals surface area contributed by atoms with Gasteiger partial charge in [0, 0.05) is 10.9 Å². The highest BCUT2D eigenvalue weighted by atomic mass is 32.1. The second-order valence-electron chi connectivity index (χ2n) is 8.33. The number of carbonyl (C=O) groups is 3. The van der Waals surface area contributed by atoms with Crippen LogP contribution in [0.25, 0.3) is 11.3 Å². The van der Waals surface area contributed by atoms with Gasteiger partial charge in [-0.15, -0.1) is 11.3 Å². The van der Waals surface area contributed by atoms with Gasteiger partial charge in [-0.3, -0.25) is 14.5 Å². The number of urea groups is 1. The number of fused-ring (bicyclic) bond motifs is 1. The van der Waals surface area contributed by atoms with E-state index in [0.717, 1.165) is 41.8 Å². The van der Waals surface area contributed by atoms with Gasteiger partial charge in [0.2, 0.25) is 5.91 Å². The highest BCUT2D eigenvalue weighted by Gasteiger charge is 2.50. The van der Waals surface area contributed by atoms with Crippen LogP contribution in [-0.2, 0) is 22.4 Å². The lowest BCUT2D eigenvalue weighted by atomic mass is 9.88. The largest absolute Gasteiger partial charge is 0.325 e. The zero-order valence-corrected chi connectivity index (χ0v) is 18.8. The molecule has 4 rings (SSSR count). The summed E-state index contributed by atoms with van der Waals surface area (Å²) >= 11 is 1.33. The Morgan fingerprint density at radius 3 is 2.68 bits per heavy atom. The number of hydrogen-bond donors (Lipinski definition) is 2. The van der Waals surface area contributed by atoms with Crippen molar-refractivity contribution >= 4 is 34.3 Å². The number of rotatable bonds is 8. The van der Waals surface area contributed by atoms with Gasteiger partial charge in [-0.2, -0.15) is 0 Å². The minimum absolute atomic E-state index is 0.311. The van der Waals surface area contributed by atoms with E-state index in [0.29, 0.717) is 18.0 Å². The molecule has 0 unspecified atom stereocenters. The van der Waals surface area contributed by atoms with E-state index in [2.05, 4.69) is 33.8 Å². The predicted octanol–water partition coefficient (Wildman–Crippen LogP) is 4.13. The average molecular weight is 441 g/mol. The first kappa shape index (κ1) is 21.5. The summed E-state index contributed by atoms with van der Waals surface area (Å²) in [4.78, 5) is 43.5. The summed E-state index contributed by atoms with van der Waals surface area (Å²) in [5.74, 6) is -0.739. The molecule has 31 heavy (non-hydrogen) atoms. The van der Waals surface area contributed by atoms with Crippen LogP contribution in [0, 0.1) is 0 Å². The van der Waals surface area contributed by atoms with Crippen molar-refractivity contribution in [1.82, 2.24) is 15.2 Å². The van der Waals surface area contributed by atoms with E-state index >= 15 is 0 Å². The maximum Gasteiger partial charge on any atom is 0.325 e. The maximum absolute atomic E-state index is 12.9. The normalized spacial score (nSPS) is 17.0. The number of anilines is 1. The van der Waals surface area contributed by atoms with E-state index in [1.807, 2.05) is 19.2 Å². The van der Waals surface area contributed by atoms with Gasteiger partial charge in [-0.1, -0.05) is 38.8 Å². The highest BCUT2D eigenvalue weighted by molar-refractivity contribution is 7.14. The molecule has 164 valence electrons. The Hall–Kier alpha value is -2.74. The van der Waals surface area contributed by atoms with Crippen LogP contribution >= 0.6 is 11.3 Å². The van der Waals surface area contributed by atoms with Crippen molar-refractivity contribution in [2.45, 2.75) is 64.3 Å². The molecule has 1 aromatic heterocycles. The number of aromatic nitrogens is 1. The summed E-state index contributed by atoms with van der Waals surface area (Å²) in [5, 5.41) is 7.94. The first-order chi connectivity index (χ1) is 15.0. The Morgan fingerprint density at radius 2 is 1.94 bits per heavy atom. The molecule has 2 aromatic rings. The molecule has 0 saturated carbocycles. The molecule has 1 aliphatic heterocycles. The van der Waals surface area contributed by atoms with Gasteiger partial charge in [0.15, 0.2) is 5.13 Å². The molecule has 1 fully saturated rings. The first-order valence-corrected chi connectivity index (χ1v) is 11.9. The van der Waals surface area contributed by atoms with Gasteiger partial charge < -0.3 is 10.6 Å². The third-order valence-corrected chi connectivity index (χ3v) is 6.80. The van der Waals surface area contributed by atoms with E-state index in [4.69, 9.17) is 0 Å². The lowest BCUT2D eigenvalue weighted by Gasteiger charge is -2.25. The molecule has 1 aliphatic carbocycles. The van der Waals surface area contributed by atoms with Crippen molar-refractivity contribution in [2.75, 3.05) is 11.9 Å². The Bertz CT molecular complexity index is 1010. The van der Waals surface area contributed by atoms with Crippen LogP contribution in [0.1, 0.15) is 57.1 Å². The molecule has 2 aliphatic rings. The molecule has 7 nitrogen and oxygen atoms in total. The van der Waals surface area contributed by atoms with Crippen LogP contribution in [0.3, 0.4) is 0 Å². The van der Waals surface area contributed by atoms with E-state index in [-0.39, 0.29) is 12.5 Å². The molecule has 0 bridgehead atoms. The lowest BCUT2D eigenvalue weighted by Crippen LogP contribution is -2.47. The SMILES string of the molecule is CCCC1(CCC)NC(=O)N(CC(=O)Nc2nc(-c3ccc4c(c3)CCC4)cs2)C1=O. The molecule has 1 aromatic carbocycles. The van der Waals surface area contributed by atoms with Crippen LogP contribution in [0.15, 0.2) is 23.6 Å². The summed E-state index contributed by atoms with van der Waals surface area (Å²) in [5.41, 5.74) is 3.74. The summed E-state index contributed by atoms with van der Waals surface area (Å²) in [6.45, 7) is 3.65. The van der Waals surface area contributed by atoms with Gasteiger partial charge in [0.1, 0.15) is 12.1 Å². The number of benzene rings is 1. The Balaban J connectivity index is 1.41. The number of nitrogens with zero attached hydrogens (tertiary/aromatic N) is 2. The van der Waals surface area contributed by atoms with Crippen molar-refractivity contribution < 1.29 is 14.4 Å². The third kappa shape index (κ3) is 4.21. The fourth-order valence-electron chi connectivity index (χ4n) is 4.63. The van der Waals surface area contributed by atoms with E-state index in [1.54, 1.807) is 0 Å². The average Bonchev–Trinajstić information content (AvgIpc) is 3.44. The van der Waals surface area contributed by atoms with Crippen LogP contribution < -0.4 is 10.6 Å². The van der Waals surface area contributed by atoms with Crippen molar-refractivity contribution in [2.24, 2.45) is 0 Å². The summed E-state index contributed by atoms with van der Waals surface area (Å²) in [6.07, 6.45) is 6.11. The molecule has 0 spiro atoms. The topological polar surface area (TPSA) is 91.4 Å². The van der Waals surface area contributed by atoms with Crippen LogP contribution in [0.4, 0.5) is 9.93 Å². The van der Waals surface area contributed by atoms with Gasteiger partial charge in [-0.25, -0.2) is 9.78 Å². The van der Waals surface area contributed by atoms with E-state index in [1.165, 1.54) is 28.9 Å². The number of imide groups is 1. The number of nitrogens with one attached hydrogen (secondary N) is 2. The molecular formula is C23H28N4O3S. The minimum Gasteiger partial charge on any atom is -0.323 e. The molecule has 2 heterocycles. The van der Waals surface area contributed by atoms with E-state index < -0.39 is 17.5 Å². The van der Waals surface area contributed by atoms with E-state index in [9.17, 15) is 14.4 Å². The lowest BCUT2D eigenvalue weighted by molar-refractivity contribution is -0.134. The van der Waals surface area contributed by atoms with Crippen molar-refractivity contribution in [3.8, 4) is 11.3 Å². The van der Waals surface area contributed by atoms with Gasteiger partial charge in [0.05, 0.1) is 5.69 Å². The molecule has 1 saturated heterocycles. The van der Waals surface area contributed by atoms with Gasteiger partial charge in [0.25, 0.3) is 5.91 Å². The van der Waals surface area contributed by atoms with Gasteiger partial charge in [-0.05, 0) is 49.3 Å². The standard InChI is InChI=1S/C23H28N4O3S/c1-3-10-23(11-4-2)20(29)27(22(30)26-23)13-19(28)25-21-24-18(14-31-21)17-9-8-15-6-5-7-16(15)12-17/h8-9,12,14H,3-7,10-11,13H2,1-2H3,(H,26,30)(H,24,25,28).